The molecule has 3 aliphatic heterocycles. The standard InChI is InChI=1S/C25H30N2O6S/c1-31-20-7-9-21(10-8-20)34(29,30)26-12-2-4-19(17-26)25(28)27-13-3-5-22(27)18-6-11-23-24(16-18)33-15-14-32-23/h6-11,16,19,22H,2-5,12-15,17H2,1H3/t19-,22-/m0/s1. The lowest BCUT2D eigenvalue weighted by Gasteiger charge is -2.35. The van der Waals surface area contributed by atoms with E-state index in [1.807, 2.05) is 23.1 Å². The maximum absolute atomic E-state index is 13.6. The summed E-state index contributed by atoms with van der Waals surface area (Å²) in [4.78, 5) is 15.7. The van der Waals surface area contributed by atoms with E-state index >= 15 is 0 Å². The highest BCUT2D eigenvalue weighted by Gasteiger charge is 2.39. The van der Waals surface area contributed by atoms with Gasteiger partial charge in [0.05, 0.1) is 24.0 Å². The number of nitrogens with zero attached hydrogens (tertiary/aromatic N) is 2. The number of amides is 1. The largest absolute Gasteiger partial charge is 0.497 e. The third-order valence-electron chi connectivity index (χ3n) is 6.92. The van der Waals surface area contributed by atoms with Gasteiger partial charge >= 0.3 is 0 Å². The number of methoxy groups -OCH3 is 1. The third-order valence-corrected chi connectivity index (χ3v) is 8.80. The molecule has 2 aromatic carbocycles. The van der Waals surface area contributed by atoms with E-state index < -0.39 is 10.0 Å². The van der Waals surface area contributed by atoms with E-state index in [2.05, 4.69) is 0 Å². The fourth-order valence-electron chi connectivity index (χ4n) is 5.14. The second kappa shape index (κ2) is 9.46. The number of fused-ring (bicyclic) bond motifs is 1. The van der Waals surface area contributed by atoms with Crippen molar-refractivity contribution in [3.63, 3.8) is 0 Å². The van der Waals surface area contributed by atoms with Crippen LogP contribution in [0.4, 0.5) is 0 Å². The summed E-state index contributed by atoms with van der Waals surface area (Å²) in [5, 5.41) is 0. The van der Waals surface area contributed by atoms with Gasteiger partial charge in [-0.15, -0.1) is 0 Å². The van der Waals surface area contributed by atoms with E-state index in [1.54, 1.807) is 31.4 Å². The summed E-state index contributed by atoms with van der Waals surface area (Å²) in [6, 6.07) is 12.3. The number of benzene rings is 2. The van der Waals surface area contributed by atoms with Crippen molar-refractivity contribution in [3.05, 3.63) is 48.0 Å². The van der Waals surface area contributed by atoms with Crippen LogP contribution < -0.4 is 14.2 Å². The van der Waals surface area contributed by atoms with Gasteiger partial charge in [0.1, 0.15) is 19.0 Å². The van der Waals surface area contributed by atoms with Crippen molar-refractivity contribution in [3.8, 4) is 17.2 Å². The summed E-state index contributed by atoms with van der Waals surface area (Å²) in [6.07, 6.45) is 3.16. The number of hydrogen-bond donors (Lipinski definition) is 0. The van der Waals surface area contributed by atoms with E-state index in [9.17, 15) is 13.2 Å². The Morgan fingerprint density at radius 2 is 1.71 bits per heavy atom. The molecule has 0 aliphatic carbocycles. The Morgan fingerprint density at radius 3 is 2.47 bits per heavy atom. The Bertz CT molecular complexity index is 1150. The topological polar surface area (TPSA) is 85.4 Å². The van der Waals surface area contributed by atoms with Crippen molar-refractivity contribution in [1.82, 2.24) is 9.21 Å². The molecule has 5 rings (SSSR count). The first-order chi connectivity index (χ1) is 16.5. The molecule has 2 saturated heterocycles. The van der Waals surface area contributed by atoms with Crippen LogP contribution in [0.5, 0.6) is 17.2 Å². The van der Waals surface area contributed by atoms with Crippen LogP contribution >= 0.6 is 0 Å². The van der Waals surface area contributed by atoms with Gasteiger partial charge < -0.3 is 19.1 Å². The Morgan fingerprint density at radius 1 is 0.971 bits per heavy atom. The van der Waals surface area contributed by atoms with E-state index in [4.69, 9.17) is 14.2 Å². The first-order valence-electron chi connectivity index (χ1n) is 11.8. The average molecular weight is 487 g/mol. The maximum Gasteiger partial charge on any atom is 0.243 e. The molecule has 8 nitrogen and oxygen atoms in total. The third kappa shape index (κ3) is 4.34. The van der Waals surface area contributed by atoms with Crippen molar-refractivity contribution < 1.29 is 27.4 Å². The van der Waals surface area contributed by atoms with Gasteiger partial charge in [-0.1, -0.05) is 6.07 Å². The highest BCUT2D eigenvalue weighted by Crippen LogP contribution is 2.39. The van der Waals surface area contributed by atoms with Crippen LogP contribution in [0.1, 0.15) is 37.3 Å². The lowest BCUT2D eigenvalue weighted by atomic mass is 9.96. The van der Waals surface area contributed by atoms with Crippen LogP contribution in [0, 0.1) is 5.92 Å². The molecule has 182 valence electrons. The summed E-state index contributed by atoms with van der Waals surface area (Å²) in [7, 11) is -2.13. The molecule has 1 amide bonds. The first-order valence-corrected chi connectivity index (χ1v) is 13.3. The van der Waals surface area contributed by atoms with Crippen molar-refractivity contribution in [1.29, 1.82) is 0 Å². The van der Waals surface area contributed by atoms with Gasteiger partial charge in [0.2, 0.25) is 15.9 Å². The lowest BCUT2D eigenvalue weighted by molar-refractivity contribution is -0.137. The molecule has 0 radical (unpaired) electrons. The molecule has 3 aliphatic rings. The number of carbonyl (C=O) groups is 1. The van der Waals surface area contributed by atoms with Crippen LogP contribution in [-0.2, 0) is 14.8 Å². The SMILES string of the molecule is COc1ccc(S(=O)(=O)N2CCC[C@H](C(=O)N3CCC[C@H]3c3ccc4c(c3)OCCO4)C2)cc1. The van der Waals surface area contributed by atoms with Gasteiger partial charge in [0.25, 0.3) is 0 Å². The smallest absolute Gasteiger partial charge is 0.243 e. The molecule has 34 heavy (non-hydrogen) atoms. The minimum absolute atomic E-state index is 0.0306. The second-order valence-electron chi connectivity index (χ2n) is 8.97. The van der Waals surface area contributed by atoms with E-state index in [0.29, 0.717) is 44.9 Å². The first kappa shape index (κ1) is 23.0. The van der Waals surface area contributed by atoms with Crippen LogP contribution in [0.25, 0.3) is 0 Å². The van der Waals surface area contributed by atoms with Crippen LogP contribution in [-0.4, -0.2) is 63.5 Å². The summed E-state index contributed by atoms with van der Waals surface area (Å²) >= 11 is 0. The molecular formula is C25H30N2O6S. The molecule has 2 fully saturated rings. The Labute approximate surface area is 200 Å². The molecule has 0 aromatic heterocycles. The molecular weight excluding hydrogens is 456 g/mol. The zero-order chi connectivity index (χ0) is 23.7. The normalized spacial score (nSPS) is 23.0. The summed E-state index contributed by atoms with van der Waals surface area (Å²) in [6.45, 7) is 2.36. The van der Waals surface area contributed by atoms with Crippen LogP contribution in [0.3, 0.4) is 0 Å². The van der Waals surface area contributed by atoms with E-state index in [-0.39, 0.29) is 29.3 Å². The summed E-state index contributed by atoms with van der Waals surface area (Å²) in [5.41, 5.74) is 1.04. The maximum atomic E-state index is 13.6. The lowest BCUT2D eigenvalue weighted by Crippen LogP contribution is -2.46. The van der Waals surface area contributed by atoms with Gasteiger partial charge in [0, 0.05) is 19.6 Å². The van der Waals surface area contributed by atoms with Gasteiger partial charge in [-0.25, -0.2) is 8.42 Å². The van der Waals surface area contributed by atoms with E-state index in [1.165, 1.54) is 4.31 Å². The molecule has 0 saturated carbocycles. The molecule has 2 aromatic rings. The highest BCUT2D eigenvalue weighted by atomic mass is 32.2. The van der Waals surface area contributed by atoms with Crippen molar-refractivity contribution in [2.45, 2.75) is 36.6 Å². The minimum atomic E-state index is -3.68. The Hall–Kier alpha value is -2.78. The van der Waals surface area contributed by atoms with E-state index in [0.717, 1.165) is 29.9 Å². The van der Waals surface area contributed by atoms with Gasteiger partial charge in [0.15, 0.2) is 11.5 Å². The van der Waals surface area contributed by atoms with Crippen LogP contribution in [0.2, 0.25) is 0 Å². The number of carbonyl (C=O) groups excluding carboxylic acids is 1. The van der Waals surface area contributed by atoms with Crippen LogP contribution in [0.15, 0.2) is 47.4 Å². The molecule has 3 heterocycles. The minimum Gasteiger partial charge on any atom is -0.497 e. The molecule has 2 atom stereocenters. The average Bonchev–Trinajstić information content (AvgIpc) is 3.38. The zero-order valence-electron chi connectivity index (χ0n) is 19.3. The number of rotatable bonds is 5. The fourth-order valence-corrected chi connectivity index (χ4v) is 6.66. The predicted molar refractivity (Wildman–Crippen MR) is 126 cm³/mol. The number of hydrogen-bond acceptors (Lipinski definition) is 6. The second-order valence-corrected chi connectivity index (χ2v) is 10.9. The summed E-state index contributed by atoms with van der Waals surface area (Å²) < 4.78 is 44.4. The monoisotopic (exact) mass is 486 g/mol. The predicted octanol–water partition coefficient (Wildman–Crippen LogP) is 3.23. The fraction of sp³-hybridized carbons (Fsp3) is 0.480. The quantitative estimate of drug-likeness (QED) is 0.645. The van der Waals surface area contributed by atoms with Gasteiger partial charge in [-0.2, -0.15) is 4.31 Å². The Balaban J connectivity index is 1.32. The molecule has 9 heteroatoms. The summed E-state index contributed by atoms with van der Waals surface area (Å²) in [5.74, 6) is 1.74. The molecule has 0 spiro atoms. The molecule has 0 unspecified atom stereocenters. The van der Waals surface area contributed by atoms with Crippen molar-refractivity contribution in [2.75, 3.05) is 40.0 Å². The molecule has 0 N–H and O–H groups in total. The van der Waals surface area contributed by atoms with Crippen molar-refractivity contribution in [2.24, 2.45) is 5.92 Å². The van der Waals surface area contributed by atoms with Gasteiger partial charge in [-0.05, 0) is 67.6 Å². The number of sulfonamides is 1. The highest BCUT2D eigenvalue weighted by molar-refractivity contribution is 7.89. The molecule has 0 bridgehead atoms. The number of ether oxygens (including phenoxy) is 3. The number of piperidine rings is 1. The zero-order valence-corrected chi connectivity index (χ0v) is 20.1. The van der Waals surface area contributed by atoms with Gasteiger partial charge in [-0.3, -0.25) is 4.79 Å². The Kier molecular flexibility index (Phi) is 6.40. The van der Waals surface area contributed by atoms with Crippen molar-refractivity contribution >= 4 is 15.9 Å². The number of likely N-dealkylation sites (tertiary alicyclic amines) is 1.